The summed E-state index contributed by atoms with van der Waals surface area (Å²) in [6.07, 6.45) is 11.5. The Labute approximate surface area is 92.7 Å². The summed E-state index contributed by atoms with van der Waals surface area (Å²) in [5.41, 5.74) is 1.33. The van der Waals surface area contributed by atoms with E-state index in [4.69, 9.17) is 6.42 Å². The van der Waals surface area contributed by atoms with Crippen molar-refractivity contribution in [1.29, 1.82) is 0 Å². The van der Waals surface area contributed by atoms with Crippen molar-refractivity contribution in [3.05, 3.63) is 24.0 Å². The standard InChI is InChI=1S/C13H20N2/c1-4-7-13(5-2)14-10-12-8-9-15(6-3)11-12/h1,8-9,11,13-14H,5-7,10H2,2-3H3. The molecule has 1 aromatic rings. The van der Waals surface area contributed by atoms with Crippen molar-refractivity contribution in [1.82, 2.24) is 9.88 Å². The molecule has 1 unspecified atom stereocenters. The van der Waals surface area contributed by atoms with Crippen LogP contribution in [0.3, 0.4) is 0 Å². The van der Waals surface area contributed by atoms with Crippen LogP contribution >= 0.6 is 0 Å². The van der Waals surface area contributed by atoms with Crippen molar-refractivity contribution >= 4 is 0 Å². The number of nitrogens with zero attached hydrogens (tertiary/aromatic N) is 1. The molecule has 0 saturated carbocycles. The van der Waals surface area contributed by atoms with Crippen LogP contribution in [0.2, 0.25) is 0 Å². The lowest BCUT2D eigenvalue weighted by atomic mass is 10.1. The van der Waals surface area contributed by atoms with Gasteiger partial charge in [0.1, 0.15) is 0 Å². The molecule has 2 nitrogen and oxygen atoms in total. The number of terminal acetylenes is 1. The fourth-order valence-electron chi connectivity index (χ4n) is 1.56. The summed E-state index contributed by atoms with van der Waals surface area (Å²) in [7, 11) is 0. The zero-order valence-electron chi connectivity index (χ0n) is 9.66. The lowest BCUT2D eigenvalue weighted by Gasteiger charge is -2.13. The van der Waals surface area contributed by atoms with Crippen LogP contribution in [0.1, 0.15) is 32.3 Å². The smallest absolute Gasteiger partial charge is 0.0240 e. The molecule has 1 atom stereocenters. The molecule has 0 amide bonds. The van der Waals surface area contributed by atoms with Crippen LogP contribution in [-0.4, -0.2) is 10.6 Å². The van der Waals surface area contributed by atoms with E-state index in [-0.39, 0.29) is 0 Å². The van der Waals surface area contributed by atoms with E-state index in [2.05, 4.69) is 48.1 Å². The fourth-order valence-corrected chi connectivity index (χ4v) is 1.56. The van der Waals surface area contributed by atoms with Crippen LogP contribution in [0, 0.1) is 12.3 Å². The maximum Gasteiger partial charge on any atom is 0.0240 e. The van der Waals surface area contributed by atoms with Gasteiger partial charge in [0.25, 0.3) is 0 Å². The van der Waals surface area contributed by atoms with Gasteiger partial charge in [-0.3, -0.25) is 0 Å². The molecule has 0 aromatic carbocycles. The highest BCUT2D eigenvalue weighted by molar-refractivity contribution is 5.10. The summed E-state index contributed by atoms with van der Waals surface area (Å²) in [5, 5.41) is 3.47. The Bertz CT molecular complexity index is 320. The first-order chi connectivity index (χ1) is 7.30. The fraction of sp³-hybridized carbons (Fsp3) is 0.538. The maximum atomic E-state index is 5.31. The van der Waals surface area contributed by atoms with Crippen molar-refractivity contribution in [3.63, 3.8) is 0 Å². The number of nitrogens with one attached hydrogen (secondary N) is 1. The minimum absolute atomic E-state index is 0.444. The second kappa shape index (κ2) is 6.31. The van der Waals surface area contributed by atoms with E-state index in [0.29, 0.717) is 6.04 Å². The van der Waals surface area contributed by atoms with Crippen LogP contribution in [0.5, 0.6) is 0 Å². The van der Waals surface area contributed by atoms with E-state index in [9.17, 15) is 0 Å². The van der Waals surface area contributed by atoms with Crippen LogP contribution in [0.4, 0.5) is 0 Å². The molecule has 0 aliphatic carbocycles. The predicted molar refractivity (Wildman–Crippen MR) is 64.5 cm³/mol. The summed E-state index contributed by atoms with van der Waals surface area (Å²) >= 11 is 0. The molecule has 1 aromatic heterocycles. The molecule has 2 heteroatoms. The molecule has 0 bridgehead atoms. The third kappa shape index (κ3) is 3.81. The van der Waals surface area contributed by atoms with Crippen molar-refractivity contribution in [2.45, 2.75) is 45.8 Å². The Balaban J connectivity index is 2.38. The van der Waals surface area contributed by atoms with Gasteiger partial charge in [-0.2, -0.15) is 0 Å². The lowest BCUT2D eigenvalue weighted by Crippen LogP contribution is -2.27. The van der Waals surface area contributed by atoms with Gasteiger partial charge in [-0.1, -0.05) is 6.92 Å². The molecule has 0 spiro atoms. The quantitative estimate of drug-likeness (QED) is 0.704. The van der Waals surface area contributed by atoms with Gasteiger partial charge >= 0.3 is 0 Å². The SMILES string of the molecule is C#CCC(CC)NCc1ccn(CC)c1. The Morgan fingerprint density at radius 1 is 1.53 bits per heavy atom. The van der Waals surface area contributed by atoms with Gasteiger partial charge in [-0.25, -0.2) is 0 Å². The first-order valence-corrected chi connectivity index (χ1v) is 5.61. The summed E-state index contributed by atoms with van der Waals surface area (Å²) < 4.78 is 2.18. The molecule has 0 aliphatic heterocycles. The second-order valence-electron chi connectivity index (χ2n) is 3.74. The van der Waals surface area contributed by atoms with Gasteiger partial charge in [-0.15, -0.1) is 12.3 Å². The molecule has 1 rings (SSSR count). The van der Waals surface area contributed by atoms with E-state index in [1.807, 2.05) is 0 Å². The predicted octanol–water partition coefficient (Wildman–Crippen LogP) is 2.40. The van der Waals surface area contributed by atoms with Crippen molar-refractivity contribution < 1.29 is 0 Å². The van der Waals surface area contributed by atoms with E-state index in [1.165, 1.54) is 5.56 Å². The number of aryl methyl sites for hydroxylation is 1. The molecule has 0 aliphatic rings. The van der Waals surface area contributed by atoms with Gasteiger partial charge in [0, 0.05) is 37.9 Å². The Hall–Kier alpha value is -1.20. The van der Waals surface area contributed by atoms with E-state index >= 15 is 0 Å². The maximum absolute atomic E-state index is 5.31. The van der Waals surface area contributed by atoms with Crippen LogP contribution in [0.25, 0.3) is 0 Å². The molecular formula is C13H20N2. The molecule has 1 heterocycles. The number of rotatable bonds is 6. The second-order valence-corrected chi connectivity index (χ2v) is 3.74. The highest BCUT2D eigenvalue weighted by Crippen LogP contribution is 2.03. The number of hydrogen-bond donors (Lipinski definition) is 1. The van der Waals surface area contributed by atoms with Gasteiger partial charge in [0.05, 0.1) is 0 Å². The van der Waals surface area contributed by atoms with Crippen LogP contribution in [0.15, 0.2) is 18.5 Å². The zero-order valence-corrected chi connectivity index (χ0v) is 9.66. The third-order valence-corrected chi connectivity index (χ3v) is 2.63. The Kier molecular flexibility index (Phi) is 5.00. The molecule has 0 saturated heterocycles. The van der Waals surface area contributed by atoms with Crippen molar-refractivity contribution in [2.75, 3.05) is 0 Å². The summed E-state index contributed by atoms with van der Waals surface area (Å²) in [4.78, 5) is 0. The van der Waals surface area contributed by atoms with Gasteiger partial charge < -0.3 is 9.88 Å². The largest absolute Gasteiger partial charge is 0.354 e. The Morgan fingerprint density at radius 2 is 2.33 bits per heavy atom. The first-order valence-electron chi connectivity index (χ1n) is 5.61. The summed E-state index contributed by atoms with van der Waals surface area (Å²) in [6, 6.07) is 2.60. The molecule has 82 valence electrons. The third-order valence-electron chi connectivity index (χ3n) is 2.63. The highest BCUT2D eigenvalue weighted by Gasteiger charge is 2.03. The zero-order chi connectivity index (χ0) is 11.1. The Morgan fingerprint density at radius 3 is 2.87 bits per heavy atom. The average molecular weight is 204 g/mol. The lowest BCUT2D eigenvalue weighted by molar-refractivity contribution is 0.506. The summed E-state index contributed by atoms with van der Waals surface area (Å²) in [6.45, 7) is 6.24. The first kappa shape index (κ1) is 11.9. The van der Waals surface area contributed by atoms with Gasteiger partial charge in [0.2, 0.25) is 0 Å². The molecular weight excluding hydrogens is 184 g/mol. The van der Waals surface area contributed by atoms with E-state index in [1.54, 1.807) is 0 Å². The molecule has 0 fully saturated rings. The molecule has 0 radical (unpaired) electrons. The van der Waals surface area contributed by atoms with Crippen molar-refractivity contribution in [3.8, 4) is 12.3 Å². The topological polar surface area (TPSA) is 17.0 Å². The minimum atomic E-state index is 0.444. The normalized spacial score (nSPS) is 12.3. The molecule has 1 N–H and O–H groups in total. The highest BCUT2D eigenvalue weighted by atomic mass is 14.9. The average Bonchev–Trinajstić information content (AvgIpc) is 2.72. The van der Waals surface area contributed by atoms with E-state index in [0.717, 1.165) is 25.9 Å². The van der Waals surface area contributed by atoms with Crippen LogP contribution in [-0.2, 0) is 13.1 Å². The van der Waals surface area contributed by atoms with Crippen LogP contribution < -0.4 is 5.32 Å². The number of aromatic nitrogens is 1. The monoisotopic (exact) mass is 204 g/mol. The number of hydrogen-bond acceptors (Lipinski definition) is 1. The molecule has 15 heavy (non-hydrogen) atoms. The van der Waals surface area contributed by atoms with Gasteiger partial charge in [-0.05, 0) is 25.0 Å². The minimum Gasteiger partial charge on any atom is -0.354 e. The van der Waals surface area contributed by atoms with Gasteiger partial charge in [0.15, 0.2) is 0 Å². The summed E-state index contributed by atoms with van der Waals surface area (Å²) in [5.74, 6) is 2.70. The van der Waals surface area contributed by atoms with E-state index < -0.39 is 0 Å². The van der Waals surface area contributed by atoms with Crippen molar-refractivity contribution in [2.24, 2.45) is 0 Å².